The molecule has 3 aliphatic heterocycles. The first-order valence-corrected chi connectivity index (χ1v) is 8.00. The van der Waals surface area contributed by atoms with Crippen LogP contribution >= 0.6 is 0 Å². The molecule has 4 heterocycles. The van der Waals surface area contributed by atoms with Crippen LogP contribution in [0.3, 0.4) is 0 Å². The molecule has 0 amide bonds. The van der Waals surface area contributed by atoms with Gasteiger partial charge in [0.15, 0.2) is 11.4 Å². The normalized spacial score (nSPS) is 26.8. The van der Waals surface area contributed by atoms with E-state index in [4.69, 9.17) is 9.26 Å². The number of hydrogen-bond donors (Lipinski definition) is 1. The molecule has 1 atom stereocenters. The van der Waals surface area contributed by atoms with Gasteiger partial charge in [-0.25, -0.2) is 0 Å². The summed E-state index contributed by atoms with van der Waals surface area (Å²) in [4.78, 5) is 2.37. The Hall–Kier alpha value is -1.96. The molecule has 0 unspecified atom stereocenters. The topological polar surface area (TPSA) is 50.5 Å². The summed E-state index contributed by atoms with van der Waals surface area (Å²) in [5.41, 5.74) is -1.21. The van der Waals surface area contributed by atoms with E-state index in [0.717, 1.165) is 32.5 Å². The lowest BCUT2D eigenvalue weighted by atomic mass is 9.84. The monoisotopic (exact) mass is 341 g/mol. The summed E-state index contributed by atoms with van der Waals surface area (Å²) in [6.07, 6.45) is -2.36. The van der Waals surface area contributed by atoms with E-state index in [1.165, 1.54) is 13.2 Å². The maximum atomic E-state index is 13.4. The van der Waals surface area contributed by atoms with Gasteiger partial charge in [0.05, 0.1) is 12.5 Å². The molecule has 5 rings (SSSR count). The zero-order valence-electron chi connectivity index (χ0n) is 13.2. The minimum atomic E-state index is -4.57. The Balaban J connectivity index is 1.70. The number of halogens is 3. The predicted molar refractivity (Wildman–Crippen MR) is 82.1 cm³/mol. The van der Waals surface area contributed by atoms with Gasteiger partial charge in [-0.15, -0.1) is 0 Å². The van der Waals surface area contributed by atoms with E-state index in [-0.39, 0.29) is 17.4 Å². The smallest absolute Gasteiger partial charge is 0.423 e. The minimum Gasteiger partial charge on any atom is -0.496 e. The summed E-state index contributed by atoms with van der Waals surface area (Å²) in [5, 5.41) is 7.49. The van der Waals surface area contributed by atoms with Gasteiger partial charge in [0.25, 0.3) is 0 Å². The highest BCUT2D eigenvalue weighted by Crippen LogP contribution is 2.43. The molecule has 1 aromatic heterocycles. The van der Waals surface area contributed by atoms with Gasteiger partial charge in [0.2, 0.25) is 0 Å². The molecule has 130 valence electrons. The van der Waals surface area contributed by atoms with Crippen LogP contribution < -0.4 is 10.1 Å². The largest absolute Gasteiger partial charge is 0.496 e. The Kier molecular flexibility index (Phi) is 3.59. The van der Waals surface area contributed by atoms with Gasteiger partial charge in [-0.3, -0.25) is 0 Å². The van der Waals surface area contributed by atoms with Crippen LogP contribution in [0.15, 0.2) is 16.7 Å². The molecular weight excluding hydrogens is 323 g/mol. The van der Waals surface area contributed by atoms with Gasteiger partial charge in [0, 0.05) is 12.6 Å². The van der Waals surface area contributed by atoms with Crippen molar-refractivity contribution in [3.05, 3.63) is 17.7 Å². The van der Waals surface area contributed by atoms with E-state index in [1.54, 1.807) is 6.07 Å². The molecule has 5 nitrogen and oxygen atoms in total. The number of aromatic nitrogens is 1. The molecule has 3 fully saturated rings. The third-order valence-electron chi connectivity index (χ3n) is 5.08. The molecule has 0 saturated carbocycles. The van der Waals surface area contributed by atoms with E-state index in [1.807, 2.05) is 0 Å². The molecule has 0 spiro atoms. The van der Waals surface area contributed by atoms with Gasteiger partial charge in [-0.2, -0.15) is 13.2 Å². The van der Waals surface area contributed by atoms with Gasteiger partial charge in [-0.1, -0.05) is 5.16 Å². The van der Waals surface area contributed by atoms with E-state index in [0.29, 0.717) is 17.1 Å². The lowest BCUT2D eigenvalue weighted by Gasteiger charge is -2.44. The van der Waals surface area contributed by atoms with Crippen molar-refractivity contribution in [3.8, 4) is 5.75 Å². The van der Waals surface area contributed by atoms with Crippen molar-refractivity contribution in [3.63, 3.8) is 0 Å². The number of fused-ring (bicyclic) bond motifs is 4. The fraction of sp³-hybridized carbons (Fsp3) is 0.562. The van der Waals surface area contributed by atoms with Crippen molar-refractivity contribution in [2.24, 2.45) is 5.92 Å². The average molecular weight is 341 g/mol. The molecule has 3 saturated heterocycles. The average Bonchev–Trinajstić information content (AvgIpc) is 2.97. The number of anilines is 1. The number of ether oxygens (including phenoxy) is 1. The van der Waals surface area contributed by atoms with Crippen LogP contribution in [0.2, 0.25) is 0 Å². The first kappa shape index (κ1) is 15.6. The maximum Gasteiger partial charge on any atom is 0.423 e. The fourth-order valence-corrected chi connectivity index (χ4v) is 3.83. The lowest BCUT2D eigenvalue weighted by molar-refractivity contribution is -0.138. The third kappa shape index (κ3) is 2.49. The predicted octanol–water partition coefficient (Wildman–Crippen LogP) is 3.36. The maximum absolute atomic E-state index is 13.4. The third-order valence-corrected chi connectivity index (χ3v) is 5.08. The first-order chi connectivity index (χ1) is 11.5. The van der Waals surface area contributed by atoms with Gasteiger partial charge in [-0.05, 0) is 44.0 Å². The highest BCUT2D eigenvalue weighted by atomic mass is 19.4. The number of hydrogen-bond acceptors (Lipinski definition) is 5. The van der Waals surface area contributed by atoms with Crippen molar-refractivity contribution >= 4 is 16.8 Å². The number of methoxy groups -OCH3 is 1. The van der Waals surface area contributed by atoms with Gasteiger partial charge in [0.1, 0.15) is 11.3 Å². The van der Waals surface area contributed by atoms with Crippen molar-refractivity contribution in [1.82, 2.24) is 10.1 Å². The summed E-state index contributed by atoms with van der Waals surface area (Å²) < 4.78 is 50.0. The van der Waals surface area contributed by atoms with Crippen LogP contribution in [0.1, 0.15) is 18.4 Å². The summed E-state index contributed by atoms with van der Waals surface area (Å²) in [6.45, 7) is 3.08. The van der Waals surface area contributed by atoms with E-state index < -0.39 is 11.7 Å². The first-order valence-electron chi connectivity index (χ1n) is 8.00. The van der Waals surface area contributed by atoms with E-state index >= 15 is 0 Å². The summed E-state index contributed by atoms with van der Waals surface area (Å²) in [5.74, 6) is 0.638. The number of nitrogens with zero attached hydrogens (tertiary/aromatic N) is 2. The Bertz CT molecular complexity index is 751. The highest BCUT2D eigenvalue weighted by Gasteiger charge is 2.40. The number of nitrogens with one attached hydrogen (secondary N) is 1. The molecule has 1 aromatic carbocycles. The molecule has 2 aromatic rings. The summed E-state index contributed by atoms with van der Waals surface area (Å²) in [6, 6.07) is 3.06. The molecule has 8 heteroatoms. The molecular formula is C16H18F3N3O2. The van der Waals surface area contributed by atoms with Crippen molar-refractivity contribution < 1.29 is 22.4 Å². The molecule has 1 N–H and O–H groups in total. The molecule has 2 bridgehead atoms. The zero-order valence-corrected chi connectivity index (χ0v) is 13.2. The SMILES string of the molecule is COc1ccc2c(N[C@@H]3CN4CCC3CC4)noc2c1C(F)(F)F. The zero-order chi connectivity index (χ0) is 16.9. The number of piperidine rings is 3. The fourth-order valence-electron chi connectivity index (χ4n) is 3.83. The Labute approximate surface area is 136 Å². The van der Waals surface area contributed by atoms with Crippen molar-refractivity contribution in [2.45, 2.75) is 25.1 Å². The number of benzene rings is 1. The van der Waals surface area contributed by atoms with Crippen molar-refractivity contribution in [2.75, 3.05) is 32.1 Å². The van der Waals surface area contributed by atoms with Gasteiger partial charge >= 0.3 is 6.18 Å². The van der Waals surface area contributed by atoms with E-state index in [9.17, 15) is 13.2 Å². The second-order valence-corrected chi connectivity index (χ2v) is 6.44. The van der Waals surface area contributed by atoms with Crippen LogP contribution in [0, 0.1) is 5.92 Å². The van der Waals surface area contributed by atoms with Crippen LogP contribution in [-0.2, 0) is 6.18 Å². The van der Waals surface area contributed by atoms with Crippen LogP contribution in [0.4, 0.5) is 19.0 Å². The standard InChI is InChI=1S/C16H18F3N3O2/c1-23-12-3-2-10-14(13(12)16(17,18)19)24-21-15(10)20-11-8-22-6-4-9(11)5-7-22/h2-3,9,11H,4-8H2,1H3,(H,20,21)/t11-/m1/s1. The van der Waals surface area contributed by atoms with Crippen LogP contribution in [-0.4, -0.2) is 42.8 Å². The van der Waals surface area contributed by atoms with Crippen LogP contribution in [0.25, 0.3) is 11.0 Å². The minimum absolute atomic E-state index is 0.192. The molecule has 3 aliphatic rings. The summed E-state index contributed by atoms with van der Waals surface area (Å²) in [7, 11) is 1.21. The quantitative estimate of drug-likeness (QED) is 0.928. The van der Waals surface area contributed by atoms with Crippen molar-refractivity contribution in [1.29, 1.82) is 0 Å². The van der Waals surface area contributed by atoms with Gasteiger partial charge < -0.3 is 19.5 Å². The van der Waals surface area contributed by atoms with Crippen LogP contribution in [0.5, 0.6) is 5.75 Å². The highest BCUT2D eigenvalue weighted by molar-refractivity contribution is 5.92. The Morgan fingerprint density at radius 1 is 1.29 bits per heavy atom. The Morgan fingerprint density at radius 2 is 2.04 bits per heavy atom. The van der Waals surface area contributed by atoms with E-state index in [2.05, 4.69) is 15.4 Å². The molecule has 24 heavy (non-hydrogen) atoms. The summed E-state index contributed by atoms with van der Waals surface area (Å²) >= 11 is 0. The Morgan fingerprint density at radius 3 is 2.62 bits per heavy atom. The second-order valence-electron chi connectivity index (χ2n) is 6.44. The molecule has 0 radical (unpaired) electrons. The number of alkyl halides is 3. The number of rotatable bonds is 3. The lowest BCUT2D eigenvalue weighted by Crippen LogP contribution is -2.53. The second kappa shape index (κ2) is 5.54. The molecule has 0 aliphatic carbocycles.